The molecule has 0 unspecified atom stereocenters. The lowest BCUT2D eigenvalue weighted by molar-refractivity contribution is 0.233. The molecule has 0 saturated heterocycles. The molecule has 0 aliphatic rings. The lowest BCUT2D eigenvalue weighted by Crippen LogP contribution is -1.99. The highest BCUT2D eigenvalue weighted by Crippen LogP contribution is 2.24. The number of phenols is 1. The lowest BCUT2D eigenvalue weighted by atomic mass is 10.1. The molecular formula is C17H22O3. The van der Waals surface area contributed by atoms with E-state index in [4.69, 9.17) is 9.84 Å². The molecular weight excluding hydrogens is 252 g/mol. The first-order chi connectivity index (χ1) is 9.79. The van der Waals surface area contributed by atoms with E-state index in [9.17, 15) is 5.11 Å². The van der Waals surface area contributed by atoms with Gasteiger partial charge in [-0.15, -0.1) is 0 Å². The van der Waals surface area contributed by atoms with Crippen molar-refractivity contribution in [3.8, 4) is 22.6 Å². The Morgan fingerprint density at radius 1 is 0.850 bits per heavy atom. The highest BCUT2D eigenvalue weighted by molar-refractivity contribution is 5.64. The molecule has 0 aliphatic carbocycles. The molecule has 0 aromatic heterocycles. The van der Waals surface area contributed by atoms with Gasteiger partial charge in [0, 0.05) is 13.0 Å². The standard InChI is InChI=1S/C15H16O3.C2H6/c16-10-1-11-18-15-8-4-13(5-9-15)12-2-6-14(17)7-3-12;1-2/h2-9,16-17H,1,10-11H2;1-2H3. The maximum Gasteiger partial charge on any atom is 0.119 e. The average Bonchev–Trinajstić information content (AvgIpc) is 2.51. The smallest absolute Gasteiger partial charge is 0.119 e. The zero-order valence-corrected chi connectivity index (χ0v) is 12.0. The minimum atomic E-state index is 0.144. The quantitative estimate of drug-likeness (QED) is 0.814. The van der Waals surface area contributed by atoms with Crippen molar-refractivity contribution in [2.75, 3.05) is 13.2 Å². The van der Waals surface area contributed by atoms with E-state index >= 15 is 0 Å². The second-order valence-electron chi connectivity index (χ2n) is 4.00. The number of ether oxygens (including phenoxy) is 1. The van der Waals surface area contributed by atoms with Crippen LogP contribution in [-0.4, -0.2) is 23.4 Å². The van der Waals surface area contributed by atoms with Gasteiger partial charge in [-0.2, -0.15) is 0 Å². The van der Waals surface area contributed by atoms with Crippen LogP contribution in [0.1, 0.15) is 20.3 Å². The van der Waals surface area contributed by atoms with Crippen LogP contribution in [0.5, 0.6) is 11.5 Å². The Hall–Kier alpha value is -2.00. The first-order valence-electron chi connectivity index (χ1n) is 6.93. The minimum Gasteiger partial charge on any atom is -0.508 e. The maximum atomic E-state index is 9.23. The Labute approximate surface area is 120 Å². The van der Waals surface area contributed by atoms with Crippen molar-refractivity contribution < 1.29 is 14.9 Å². The van der Waals surface area contributed by atoms with Crippen LogP contribution in [0.25, 0.3) is 11.1 Å². The van der Waals surface area contributed by atoms with Crippen molar-refractivity contribution in [2.45, 2.75) is 20.3 Å². The maximum absolute atomic E-state index is 9.23. The summed E-state index contributed by atoms with van der Waals surface area (Å²) in [5.41, 5.74) is 2.12. The van der Waals surface area contributed by atoms with Gasteiger partial charge in [0.1, 0.15) is 11.5 Å². The van der Waals surface area contributed by atoms with Gasteiger partial charge < -0.3 is 14.9 Å². The predicted octanol–water partition coefficient (Wildman–Crippen LogP) is 3.85. The second kappa shape index (κ2) is 8.99. The number of hydrogen-bond acceptors (Lipinski definition) is 3. The number of hydrogen-bond donors (Lipinski definition) is 2. The summed E-state index contributed by atoms with van der Waals surface area (Å²) in [5, 5.41) is 17.9. The summed E-state index contributed by atoms with van der Waals surface area (Å²) >= 11 is 0. The number of phenolic OH excluding ortho intramolecular Hbond substituents is 1. The Morgan fingerprint density at radius 2 is 1.35 bits per heavy atom. The van der Waals surface area contributed by atoms with Crippen molar-refractivity contribution in [1.29, 1.82) is 0 Å². The van der Waals surface area contributed by atoms with Crippen LogP contribution in [-0.2, 0) is 0 Å². The van der Waals surface area contributed by atoms with Crippen LogP contribution in [0.3, 0.4) is 0 Å². The lowest BCUT2D eigenvalue weighted by Gasteiger charge is -2.06. The molecule has 0 saturated carbocycles. The van der Waals surface area contributed by atoms with Gasteiger partial charge in [-0.25, -0.2) is 0 Å². The first-order valence-corrected chi connectivity index (χ1v) is 6.93. The summed E-state index contributed by atoms with van der Waals surface area (Å²) in [4.78, 5) is 0. The predicted molar refractivity (Wildman–Crippen MR) is 82.1 cm³/mol. The molecule has 0 atom stereocenters. The van der Waals surface area contributed by atoms with Gasteiger partial charge in [-0.05, 0) is 35.4 Å². The molecule has 3 nitrogen and oxygen atoms in total. The van der Waals surface area contributed by atoms with Crippen molar-refractivity contribution in [3.05, 3.63) is 48.5 Å². The van der Waals surface area contributed by atoms with E-state index in [1.165, 1.54) is 0 Å². The van der Waals surface area contributed by atoms with Crippen LogP contribution in [0.15, 0.2) is 48.5 Å². The summed E-state index contributed by atoms with van der Waals surface area (Å²) in [6, 6.07) is 14.8. The average molecular weight is 274 g/mol. The van der Waals surface area contributed by atoms with E-state index < -0.39 is 0 Å². The van der Waals surface area contributed by atoms with Crippen LogP contribution in [0.4, 0.5) is 0 Å². The molecule has 0 amide bonds. The zero-order chi connectivity index (χ0) is 14.8. The van der Waals surface area contributed by atoms with Crippen LogP contribution in [0, 0.1) is 0 Å². The van der Waals surface area contributed by atoms with E-state index in [0.717, 1.165) is 16.9 Å². The number of aliphatic hydroxyl groups is 1. The van der Waals surface area contributed by atoms with Gasteiger partial charge in [0.05, 0.1) is 6.61 Å². The summed E-state index contributed by atoms with van der Waals surface area (Å²) < 4.78 is 5.46. The van der Waals surface area contributed by atoms with E-state index in [-0.39, 0.29) is 12.4 Å². The van der Waals surface area contributed by atoms with Gasteiger partial charge >= 0.3 is 0 Å². The Kier molecular flexibility index (Phi) is 7.22. The summed E-state index contributed by atoms with van der Waals surface area (Å²) in [6.07, 6.45) is 0.639. The largest absolute Gasteiger partial charge is 0.508 e. The Bertz CT molecular complexity index is 475. The van der Waals surface area contributed by atoms with Crippen molar-refractivity contribution >= 4 is 0 Å². The molecule has 0 heterocycles. The number of aliphatic hydroxyl groups excluding tert-OH is 1. The monoisotopic (exact) mass is 274 g/mol. The molecule has 2 N–H and O–H groups in total. The molecule has 0 aliphatic heterocycles. The van der Waals surface area contributed by atoms with Crippen molar-refractivity contribution in [2.24, 2.45) is 0 Å². The highest BCUT2D eigenvalue weighted by Gasteiger charge is 1.99. The second-order valence-corrected chi connectivity index (χ2v) is 4.00. The molecule has 2 aromatic rings. The van der Waals surface area contributed by atoms with Gasteiger partial charge in [0.25, 0.3) is 0 Å². The molecule has 108 valence electrons. The summed E-state index contributed by atoms with van der Waals surface area (Å²) in [5.74, 6) is 1.06. The topological polar surface area (TPSA) is 49.7 Å². The van der Waals surface area contributed by atoms with E-state index in [2.05, 4.69) is 0 Å². The molecule has 0 spiro atoms. The van der Waals surface area contributed by atoms with Gasteiger partial charge in [0.15, 0.2) is 0 Å². The third-order valence-corrected chi connectivity index (χ3v) is 2.63. The van der Waals surface area contributed by atoms with Crippen LogP contribution in [0.2, 0.25) is 0 Å². The molecule has 20 heavy (non-hydrogen) atoms. The molecule has 0 fully saturated rings. The Morgan fingerprint density at radius 3 is 1.85 bits per heavy atom. The summed E-state index contributed by atoms with van der Waals surface area (Å²) in [6.45, 7) is 4.67. The third-order valence-electron chi connectivity index (χ3n) is 2.63. The molecule has 3 heteroatoms. The summed E-state index contributed by atoms with van der Waals surface area (Å²) in [7, 11) is 0. The van der Waals surface area contributed by atoms with E-state index in [0.29, 0.717) is 13.0 Å². The number of benzene rings is 2. The molecule has 0 bridgehead atoms. The van der Waals surface area contributed by atoms with Crippen LogP contribution < -0.4 is 4.74 Å². The van der Waals surface area contributed by atoms with Crippen molar-refractivity contribution in [1.82, 2.24) is 0 Å². The van der Waals surface area contributed by atoms with Gasteiger partial charge in [-0.3, -0.25) is 0 Å². The van der Waals surface area contributed by atoms with E-state index in [1.807, 2.05) is 50.2 Å². The Balaban J connectivity index is 0.000000956. The van der Waals surface area contributed by atoms with Gasteiger partial charge in [0.2, 0.25) is 0 Å². The fraction of sp³-hybridized carbons (Fsp3) is 0.294. The van der Waals surface area contributed by atoms with Gasteiger partial charge in [-0.1, -0.05) is 38.1 Å². The van der Waals surface area contributed by atoms with Crippen molar-refractivity contribution in [3.63, 3.8) is 0 Å². The fourth-order valence-corrected chi connectivity index (χ4v) is 1.65. The SMILES string of the molecule is CC.OCCCOc1ccc(-c2ccc(O)cc2)cc1. The fourth-order valence-electron chi connectivity index (χ4n) is 1.65. The third kappa shape index (κ3) is 4.94. The van der Waals surface area contributed by atoms with Crippen LogP contribution >= 0.6 is 0 Å². The normalized spacial score (nSPS) is 9.55. The zero-order valence-electron chi connectivity index (χ0n) is 12.0. The molecule has 2 rings (SSSR count). The molecule has 2 aromatic carbocycles. The highest BCUT2D eigenvalue weighted by atomic mass is 16.5. The van der Waals surface area contributed by atoms with E-state index in [1.54, 1.807) is 12.1 Å². The molecule has 0 radical (unpaired) electrons. The number of rotatable bonds is 5. The first kappa shape index (κ1) is 16.1. The minimum absolute atomic E-state index is 0.144. The number of aromatic hydroxyl groups is 1.